The highest BCUT2D eigenvalue weighted by Crippen LogP contribution is 2.22. The highest BCUT2D eigenvalue weighted by molar-refractivity contribution is 7.92. The van der Waals surface area contributed by atoms with Crippen molar-refractivity contribution in [3.63, 3.8) is 0 Å². The van der Waals surface area contributed by atoms with Crippen LogP contribution in [0.3, 0.4) is 0 Å². The van der Waals surface area contributed by atoms with Gasteiger partial charge >= 0.3 is 0 Å². The van der Waals surface area contributed by atoms with E-state index in [9.17, 15) is 22.0 Å². The summed E-state index contributed by atoms with van der Waals surface area (Å²) in [5.41, 5.74) is 0.760. The summed E-state index contributed by atoms with van der Waals surface area (Å²) in [6.45, 7) is 7.04. The molecule has 0 N–H and O–H groups in total. The van der Waals surface area contributed by atoms with Gasteiger partial charge in [0.1, 0.15) is 5.82 Å². The SMILES string of the molecule is C=CCn1c(=NC(=O)Cc2ccc(S(=O)(=O)C(C)C)cc2)sc2cc(F)cc(F)c21. The summed E-state index contributed by atoms with van der Waals surface area (Å²) in [7, 11) is -3.39. The molecule has 3 aromatic rings. The summed E-state index contributed by atoms with van der Waals surface area (Å²) in [4.78, 5) is 17.0. The maximum Gasteiger partial charge on any atom is 0.252 e. The van der Waals surface area contributed by atoms with Gasteiger partial charge in [0.05, 0.1) is 26.8 Å². The summed E-state index contributed by atoms with van der Waals surface area (Å²) in [5, 5.41) is -0.543. The van der Waals surface area contributed by atoms with E-state index in [1.807, 2.05) is 0 Å². The Morgan fingerprint density at radius 3 is 2.50 bits per heavy atom. The van der Waals surface area contributed by atoms with E-state index in [1.54, 1.807) is 26.0 Å². The molecule has 30 heavy (non-hydrogen) atoms. The second-order valence-corrected chi connectivity index (χ2v) is 10.5. The first kappa shape index (κ1) is 22.0. The van der Waals surface area contributed by atoms with E-state index >= 15 is 0 Å². The summed E-state index contributed by atoms with van der Waals surface area (Å²) < 4.78 is 54.0. The molecule has 1 amide bonds. The van der Waals surface area contributed by atoms with Crippen LogP contribution in [0.5, 0.6) is 0 Å². The Morgan fingerprint density at radius 2 is 1.90 bits per heavy atom. The van der Waals surface area contributed by atoms with Crippen LogP contribution in [0.2, 0.25) is 0 Å². The van der Waals surface area contributed by atoms with Gasteiger partial charge in [0.2, 0.25) is 0 Å². The summed E-state index contributed by atoms with van der Waals surface area (Å²) in [6.07, 6.45) is 1.48. The quantitative estimate of drug-likeness (QED) is 0.533. The number of hydrogen-bond donors (Lipinski definition) is 0. The van der Waals surface area contributed by atoms with Gasteiger partial charge in [-0.15, -0.1) is 6.58 Å². The van der Waals surface area contributed by atoms with Crippen molar-refractivity contribution >= 4 is 37.3 Å². The smallest absolute Gasteiger partial charge is 0.252 e. The molecule has 1 heterocycles. The number of halogens is 2. The average Bonchev–Trinajstić information content (AvgIpc) is 2.99. The third-order valence-corrected chi connectivity index (χ3v) is 7.65. The van der Waals surface area contributed by atoms with E-state index in [1.165, 1.54) is 28.8 Å². The number of benzene rings is 2. The zero-order valence-corrected chi connectivity index (χ0v) is 18.1. The van der Waals surface area contributed by atoms with Gasteiger partial charge in [-0.1, -0.05) is 29.5 Å². The molecule has 0 fully saturated rings. The Balaban J connectivity index is 1.93. The molecule has 0 aliphatic carbocycles. The van der Waals surface area contributed by atoms with Gasteiger partial charge < -0.3 is 4.57 Å². The molecule has 0 saturated heterocycles. The number of fused-ring (bicyclic) bond motifs is 1. The third-order valence-electron chi connectivity index (χ3n) is 4.46. The minimum absolute atomic E-state index is 0.0544. The first-order valence-corrected chi connectivity index (χ1v) is 11.5. The molecule has 2 aromatic carbocycles. The predicted octanol–water partition coefficient (Wildman–Crippen LogP) is 4.02. The lowest BCUT2D eigenvalue weighted by Gasteiger charge is -2.08. The maximum atomic E-state index is 14.3. The maximum absolute atomic E-state index is 14.3. The monoisotopic (exact) mass is 450 g/mol. The number of carbonyl (C=O) groups is 1. The molecule has 0 aliphatic heterocycles. The number of amides is 1. The van der Waals surface area contributed by atoms with Gasteiger partial charge in [0.25, 0.3) is 5.91 Å². The van der Waals surface area contributed by atoms with Gasteiger partial charge in [-0.25, -0.2) is 17.2 Å². The highest BCUT2D eigenvalue weighted by Gasteiger charge is 2.19. The molecule has 3 rings (SSSR count). The standard InChI is InChI=1S/C21H20F2N2O3S2/c1-4-9-25-20-17(23)11-15(22)12-18(20)29-21(25)24-19(26)10-14-5-7-16(8-6-14)30(27,28)13(2)3/h4-8,11-13H,1,9-10H2,2-3H3. The van der Waals surface area contributed by atoms with Crippen molar-refractivity contribution in [3.05, 3.63) is 71.1 Å². The molecule has 5 nitrogen and oxygen atoms in total. The first-order valence-electron chi connectivity index (χ1n) is 9.13. The molecular weight excluding hydrogens is 430 g/mol. The van der Waals surface area contributed by atoms with E-state index in [0.717, 1.165) is 17.4 Å². The Bertz CT molecular complexity index is 1290. The zero-order valence-electron chi connectivity index (χ0n) is 16.4. The normalized spacial score (nSPS) is 12.6. The van der Waals surface area contributed by atoms with Gasteiger partial charge in [-0.2, -0.15) is 4.99 Å². The molecule has 0 atom stereocenters. The van der Waals surface area contributed by atoms with E-state index in [2.05, 4.69) is 11.6 Å². The average molecular weight is 451 g/mol. The first-order chi connectivity index (χ1) is 14.1. The second kappa shape index (κ2) is 8.61. The van der Waals surface area contributed by atoms with Crippen LogP contribution in [0.1, 0.15) is 19.4 Å². The fraction of sp³-hybridized carbons (Fsp3) is 0.238. The number of hydrogen-bond acceptors (Lipinski definition) is 4. The van der Waals surface area contributed by atoms with Crippen molar-refractivity contribution in [2.45, 2.75) is 37.0 Å². The van der Waals surface area contributed by atoms with Crippen molar-refractivity contribution in [2.24, 2.45) is 4.99 Å². The molecule has 9 heteroatoms. The highest BCUT2D eigenvalue weighted by atomic mass is 32.2. The van der Waals surface area contributed by atoms with Crippen LogP contribution in [0.15, 0.2) is 58.9 Å². The van der Waals surface area contributed by atoms with E-state index in [4.69, 9.17) is 0 Å². The van der Waals surface area contributed by atoms with Crippen LogP contribution in [0, 0.1) is 11.6 Å². The third kappa shape index (κ3) is 4.41. The van der Waals surface area contributed by atoms with Crippen molar-refractivity contribution in [1.82, 2.24) is 4.57 Å². The molecule has 158 valence electrons. The van der Waals surface area contributed by atoms with E-state index in [-0.39, 0.29) is 28.2 Å². The second-order valence-electron chi connectivity index (χ2n) is 6.94. The fourth-order valence-corrected chi connectivity index (χ4v) is 5.06. The Hall–Kier alpha value is -2.65. The molecule has 0 unspecified atom stereocenters. The van der Waals surface area contributed by atoms with Crippen molar-refractivity contribution < 1.29 is 22.0 Å². The number of aromatic nitrogens is 1. The number of sulfone groups is 1. The zero-order chi connectivity index (χ0) is 22.1. The summed E-state index contributed by atoms with van der Waals surface area (Å²) in [5.74, 6) is -1.93. The van der Waals surface area contributed by atoms with Gasteiger partial charge in [0, 0.05) is 12.6 Å². The van der Waals surface area contributed by atoms with Crippen LogP contribution in [-0.4, -0.2) is 24.1 Å². The molecule has 0 bridgehead atoms. The van der Waals surface area contributed by atoms with Crippen LogP contribution in [0.4, 0.5) is 8.78 Å². The Labute approximate surface area is 176 Å². The van der Waals surface area contributed by atoms with Crippen molar-refractivity contribution in [1.29, 1.82) is 0 Å². The minimum atomic E-state index is -3.39. The van der Waals surface area contributed by atoms with Crippen molar-refractivity contribution in [3.8, 4) is 0 Å². The summed E-state index contributed by atoms with van der Waals surface area (Å²) in [6, 6.07) is 8.05. The van der Waals surface area contributed by atoms with Crippen LogP contribution < -0.4 is 4.80 Å². The van der Waals surface area contributed by atoms with Gasteiger partial charge in [-0.3, -0.25) is 4.79 Å². The lowest BCUT2D eigenvalue weighted by Crippen LogP contribution is -2.17. The fourth-order valence-electron chi connectivity index (χ4n) is 2.90. The van der Waals surface area contributed by atoms with E-state index < -0.39 is 32.6 Å². The predicted molar refractivity (Wildman–Crippen MR) is 113 cm³/mol. The Kier molecular flexibility index (Phi) is 6.33. The lowest BCUT2D eigenvalue weighted by molar-refractivity contribution is -0.117. The Morgan fingerprint density at radius 1 is 1.23 bits per heavy atom. The molecule has 1 aromatic heterocycles. The largest absolute Gasteiger partial charge is 0.310 e. The molecule has 0 radical (unpaired) electrons. The van der Waals surface area contributed by atoms with Crippen LogP contribution >= 0.6 is 11.3 Å². The lowest BCUT2D eigenvalue weighted by atomic mass is 10.1. The molecular formula is C21H20F2N2O3S2. The molecule has 0 aliphatic rings. The minimum Gasteiger partial charge on any atom is -0.310 e. The van der Waals surface area contributed by atoms with Crippen LogP contribution in [-0.2, 0) is 27.6 Å². The number of thiazole rings is 1. The number of allylic oxidation sites excluding steroid dienone is 1. The molecule has 0 spiro atoms. The number of carbonyl (C=O) groups excluding carboxylic acids is 1. The van der Waals surface area contributed by atoms with Crippen molar-refractivity contribution in [2.75, 3.05) is 0 Å². The van der Waals surface area contributed by atoms with Crippen LogP contribution in [0.25, 0.3) is 10.2 Å². The molecule has 0 saturated carbocycles. The summed E-state index contributed by atoms with van der Waals surface area (Å²) >= 11 is 1.01. The van der Waals surface area contributed by atoms with Gasteiger partial charge in [0.15, 0.2) is 20.5 Å². The van der Waals surface area contributed by atoms with E-state index in [0.29, 0.717) is 10.3 Å². The topological polar surface area (TPSA) is 68.5 Å². The number of rotatable bonds is 6. The van der Waals surface area contributed by atoms with Gasteiger partial charge in [-0.05, 0) is 37.6 Å². The number of nitrogens with zero attached hydrogens (tertiary/aromatic N) is 2.